The zero-order valence-corrected chi connectivity index (χ0v) is 14.1. The van der Waals surface area contributed by atoms with E-state index >= 15 is 0 Å². The molecule has 1 unspecified atom stereocenters. The largest absolute Gasteiger partial charge is 0.419 e. The van der Waals surface area contributed by atoms with Gasteiger partial charge in [0.25, 0.3) is 0 Å². The minimum Gasteiger partial charge on any atom is -0.370 e. The van der Waals surface area contributed by atoms with Crippen LogP contribution in [-0.2, 0) is 11.0 Å². The molecule has 2 aromatic rings. The lowest BCUT2D eigenvalue weighted by Crippen LogP contribution is -2.21. The van der Waals surface area contributed by atoms with Gasteiger partial charge in [0.2, 0.25) is 5.91 Å². The maximum Gasteiger partial charge on any atom is 0.419 e. The first-order valence-corrected chi connectivity index (χ1v) is 8.10. The first-order valence-electron chi connectivity index (χ1n) is 8.10. The number of hydrogen-bond donors (Lipinski definition) is 2. The fraction of sp³-hybridized carbons (Fsp3) is 0.333. The van der Waals surface area contributed by atoms with Gasteiger partial charge in [-0.15, -0.1) is 0 Å². The second-order valence-electron chi connectivity index (χ2n) is 5.86. The van der Waals surface area contributed by atoms with E-state index < -0.39 is 17.6 Å². The van der Waals surface area contributed by atoms with E-state index in [1.807, 2.05) is 0 Å². The Morgan fingerprint density at radius 3 is 2.54 bits per heavy atom. The normalized spacial score (nSPS) is 12.5. The fourth-order valence-corrected chi connectivity index (χ4v) is 2.32. The number of aromatic nitrogens is 1. The van der Waals surface area contributed by atoms with Crippen LogP contribution in [0, 0.1) is 11.7 Å². The third-order valence-electron chi connectivity index (χ3n) is 3.78. The topological polar surface area (TPSA) is 54.0 Å². The van der Waals surface area contributed by atoms with Crippen LogP contribution in [0.2, 0.25) is 0 Å². The summed E-state index contributed by atoms with van der Waals surface area (Å²) in [6, 6.07) is 7.61. The standard InChI is InChI=1S/C18H19F4N3O/c1-12(17(26)25-14-8-6-13(19)7-9-14)4-2-10-23-16-15(18(20,21)22)5-3-11-24-16/h3,5-9,11-12H,2,4,10H2,1H3,(H,23,24)(H,25,26). The highest BCUT2D eigenvalue weighted by Crippen LogP contribution is 2.33. The second kappa shape index (κ2) is 8.64. The van der Waals surface area contributed by atoms with Crippen LogP contribution in [0.3, 0.4) is 0 Å². The zero-order valence-electron chi connectivity index (χ0n) is 14.1. The van der Waals surface area contributed by atoms with Gasteiger partial charge in [-0.2, -0.15) is 13.2 Å². The average Bonchev–Trinajstić information content (AvgIpc) is 2.60. The predicted molar refractivity (Wildman–Crippen MR) is 91.2 cm³/mol. The highest BCUT2D eigenvalue weighted by Gasteiger charge is 2.33. The first-order chi connectivity index (χ1) is 12.3. The van der Waals surface area contributed by atoms with Crippen molar-refractivity contribution in [2.45, 2.75) is 25.9 Å². The van der Waals surface area contributed by atoms with Crippen molar-refractivity contribution < 1.29 is 22.4 Å². The molecule has 140 valence electrons. The molecule has 26 heavy (non-hydrogen) atoms. The quantitative estimate of drug-likeness (QED) is 0.549. The molecule has 2 rings (SSSR count). The van der Waals surface area contributed by atoms with Gasteiger partial charge in [-0.25, -0.2) is 9.37 Å². The number of halogens is 4. The van der Waals surface area contributed by atoms with Gasteiger partial charge in [-0.05, 0) is 49.2 Å². The van der Waals surface area contributed by atoms with Crippen LogP contribution >= 0.6 is 0 Å². The Hall–Kier alpha value is -2.64. The molecule has 1 aromatic heterocycles. The van der Waals surface area contributed by atoms with Gasteiger partial charge in [0.05, 0.1) is 5.56 Å². The molecule has 0 saturated heterocycles. The molecule has 8 heteroatoms. The Morgan fingerprint density at radius 2 is 1.88 bits per heavy atom. The lowest BCUT2D eigenvalue weighted by atomic mass is 10.0. The van der Waals surface area contributed by atoms with Crippen molar-refractivity contribution in [3.8, 4) is 0 Å². The van der Waals surface area contributed by atoms with E-state index in [1.165, 1.54) is 36.5 Å². The molecular weight excluding hydrogens is 350 g/mol. The van der Waals surface area contributed by atoms with E-state index in [4.69, 9.17) is 0 Å². The molecule has 0 fully saturated rings. The summed E-state index contributed by atoms with van der Waals surface area (Å²) in [5.74, 6) is -1.18. The molecule has 0 aliphatic rings. The Morgan fingerprint density at radius 1 is 1.19 bits per heavy atom. The van der Waals surface area contributed by atoms with Crippen LogP contribution < -0.4 is 10.6 Å². The summed E-state index contributed by atoms with van der Waals surface area (Å²) in [6.07, 6.45) is -2.21. The van der Waals surface area contributed by atoms with E-state index in [1.54, 1.807) is 6.92 Å². The minimum atomic E-state index is -4.47. The maximum absolute atomic E-state index is 12.9. The Bertz CT molecular complexity index is 732. The monoisotopic (exact) mass is 369 g/mol. The number of benzene rings is 1. The number of alkyl halides is 3. The summed E-state index contributed by atoms with van der Waals surface area (Å²) >= 11 is 0. The minimum absolute atomic E-state index is 0.219. The molecule has 1 amide bonds. The van der Waals surface area contributed by atoms with Crippen molar-refractivity contribution >= 4 is 17.4 Å². The summed E-state index contributed by atoms with van der Waals surface area (Å²) in [7, 11) is 0. The number of amides is 1. The van der Waals surface area contributed by atoms with Crippen molar-refractivity contribution in [1.82, 2.24) is 4.98 Å². The number of rotatable bonds is 7. The number of anilines is 2. The van der Waals surface area contributed by atoms with Crippen molar-refractivity contribution in [3.63, 3.8) is 0 Å². The number of pyridine rings is 1. The summed E-state index contributed by atoms with van der Waals surface area (Å²) in [6.45, 7) is 1.98. The maximum atomic E-state index is 12.9. The lowest BCUT2D eigenvalue weighted by molar-refractivity contribution is -0.137. The highest BCUT2D eigenvalue weighted by atomic mass is 19.4. The molecule has 0 spiro atoms. The molecular formula is C18H19F4N3O. The lowest BCUT2D eigenvalue weighted by Gasteiger charge is -2.15. The number of hydrogen-bond acceptors (Lipinski definition) is 3. The smallest absolute Gasteiger partial charge is 0.370 e. The average molecular weight is 369 g/mol. The summed E-state index contributed by atoms with van der Waals surface area (Å²) < 4.78 is 51.4. The summed E-state index contributed by atoms with van der Waals surface area (Å²) in [4.78, 5) is 15.8. The molecule has 4 nitrogen and oxygen atoms in total. The zero-order chi connectivity index (χ0) is 19.2. The predicted octanol–water partition coefficient (Wildman–Crippen LogP) is 4.71. The molecule has 1 aromatic carbocycles. The molecule has 0 aliphatic carbocycles. The second-order valence-corrected chi connectivity index (χ2v) is 5.86. The molecule has 0 bridgehead atoms. The van der Waals surface area contributed by atoms with Crippen LogP contribution in [0.15, 0.2) is 42.6 Å². The number of nitrogens with one attached hydrogen (secondary N) is 2. The van der Waals surface area contributed by atoms with Gasteiger partial charge in [0, 0.05) is 24.3 Å². The Labute approximate surface area is 148 Å². The van der Waals surface area contributed by atoms with E-state index in [0.717, 1.165) is 6.07 Å². The van der Waals surface area contributed by atoms with Crippen LogP contribution in [-0.4, -0.2) is 17.4 Å². The van der Waals surface area contributed by atoms with Gasteiger partial charge in [0.15, 0.2) is 0 Å². The summed E-state index contributed by atoms with van der Waals surface area (Å²) in [5, 5.41) is 5.33. The van der Waals surface area contributed by atoms with Gasteiger partial charge in [-0.1, -0.05) is 6.92 Å². The van der Waals surface area contributed by atoms with Crippen molar-refractivity contribution in [2.24, 2.45) is 5.92 Å². The summed E-state index contributed by atoms with van der Waals surface area (Å²) in [5.41, 5.74) is -0.327. The van der Waals surface area contributed by atoms with Gasteiger partial charge < -0.3 is 10.6 Å². The SMILES string of the molecule is CC(CCCNc1ncccc1C(F)(F)F)C(=O)Nc1ccc(F)cc1. The fourth-order valence-electron chi connectivity index (χ4n) is 2.32. The number of carbonyl (C=O) groups is 1. The number of nitrogens with zero attached hydrogens (tertiary/aromatic N) is 1. The van der Waals surface area contributed by atoms with Crippen LogP contribution in [0.1, 0.15) is 25.3 Å². The highest BCUT2D eigenvalue weighted by molar-refractivity contribution is 5.92. The third kappa shape index (κ3) is 5.72. The molecule has 0 saturated carbocycles. The molecule has 0 radical (unpaired) electrons. The van der Waals surface area contributed by atoms with E-state index in [9.17, 15) is 22.4 Å². The molecule has 0 aliphatic heterocycles. The van der Waals surface area contributed by atoms with E-state index in [-0.39, 0.29) is 24.2 Å². The van der Waals surface area contributed by atoms with Crippen LogP contribution in [0.5, 0.6) is 0 Å². The van der Waals surface area contributed by atoms with Gasteiger partial charge in [-0.3, -0.25) is 4.79 Å². The van der Waals surface area contributed by atoms with Crippen molar-refractivity contribution in [3.05, 3.63) is 54.0 Å². The van der Waals surface area contributed by atoms with Gasteiger partial charge >= 0.3 is 6.18 Å². The van der Waals surface area contributed by atoms with Crippen LogP contribution in [0.4, 0.5) is 29.1 Å². The molecule has 1 atom stereocenters. The van der Waals surface area contributed by atoms with Crippen molar-refractivity contribution in [2.75, 3.05) is 17.2 Å². The van der Waals surface area contributed by atoms with Crippen molar-refractivity contribution in [1.29, 1.82) is 0 Å². The number of carbonyl (C=O) groups excluding carboxylic acids is 1. The van der Waals surface area contributed by atoms with Gasteiger partial charge in [0.1, 0.15) is 11.6 Å². The van der Waals surface area contributed by atoms with E-state index in [0.29, 0.717) is 18.5 Å². The molecule has 1 heterocycles. The third-order valence-corrected chi connectivity index (χ3v) is 3.78. The molecule has 2 N–H and O–H groups in total. The van der Waals surface area contributed by atoms with E-state index in [2.05, 4.69) is 15.6 Å². The first kappa shape index (κ1) is 19.7. The van der Waals surface area contributed by atoms with Crippen LogP contribution in [0.25, 0.3) is 0 Å². The Kier molecular flexibility index (Phi) is 6.54. The Balaban J connectivity index is 1.79.